The topological polar surface area (TPSA) is 15.3 Å². The fraction of sp³-hybridized carbons (Fsp3) is 0.733. The number of fused-ring (bicyclic) bond motifs is 1. The first-order chi connectivity index (χ1) is 8.44. The Morgan fingerprint density at radius 1 is 1.44 bits per heavy atom. The highest BCUT2D eigenvalue weighted by Gasteiger charge is 2.19. The Morgan fingerprint density at radius 2 is 2.22 bits per heavy atom. The summed E-state index contributed by atoms with van der Waals surface area (Å²) in [5.74, 6) is 0.712. The van der Waals surface area contributed by atoms with Gasteiger partial charge in [0.05, 0.1) is 0 Å². The maximum absolute atomic E-state index is 3.60. The molecule has 1 aliphatic rings. The van der Waals surface area contributed by atoms with Crippen LogP contribution in [0.2, 0.25) is 0 Å². The minimum Gasteiger partial charge on any atom is -0.312 e. The summed E-state index contributed by atoms with van der Waals surface area (Å²) < 4.78 is 0. The van der Waals surface area contributed by atoms with E-state index in [1.165, 1.54) is 19.5 Å². The van der Waals surface area contributed by atoms with Crippen LogP contribution in [-0.2, 0) is 13.0 Å². The zero-order valence-electron chi connectivity index (χ0n) is 12.1. The predicted molar refractivity (Wildman–Crippen MR) is 80.2 cm³/mol. The van der Waals surface area contributed by atoms with E-state index in [1.807, 2.05) is 11.3 Å². The van der Waals surface area contributed by atoms with Gasteiger partial charge in [0, 0.05) is 30.1 Å². The number of hydrogen-bond donors (Lipinski definition) is 1. The lowest BCUT2D eigenvalue weighted by Crippen LogP contribution is -2.42. The molecule has 0 bridgehead atoms. The van der Waals surface area contributed by atoms with Crippen molar-refractivity contribution in [2.75, 3.05) is 19.6 Å². The van der Waals surface area contributed by atoms with E-state index in [4.69, 9.17) is 0 Å². The summed E-state index contributed by atoms with van der Waals surface area (Å²) in [4.78, 5) is 4.20. The van der Waals surface area contributed by atoms with Crippen molar-refractivity contribution in [3.8, 4) is 0 Å². The van der Waals surface area contributed by atoms with Gasteiger partial charge in [-0.3, -0.25) is 4.90 Å². The quantitative estimate of drug-likeness (QED) is 0.901. The van der Waals surface area contributed by atoms with Crippen molar-refractivity contribution in [2.24, 2.45) is 5.92 Å². The van der Waals surface area contributed by atoms with E-state index in [-0.39, 0.29) is 5.54 Å². The molecule has 0 spiro atoms. The lowest BCUT2D eigenvalue weighted by atomic mass is 10.0. The second-order valence-electron chi connectivity index (χ2n) is 6.59. The van der Waals surface area contributed by atoms with Gasteiger partial charge < -0.3 is 5.32 Å². The van der Waals surface area contributed by atoms with Gasteiger partial charge in [-0.1, -0.05) is 6.92 Å². The average Bonchev–Trinajstić information content (AvgIpc) is 2.72. The fourth-order valence-corrected chi connectivity index (χ4v) is 3.34. The molecule has 3 heteroatoms. The van der Waals surface area contributed by atoms with E-state index in [0.717, 1.165) is 13.1 Å². The molecule has 0 saturated heterocycles. The Morgan fingerprint density at radius 3 is 2.94 bits per heavy atom. The molecule has 0 aliphatic carbocycles. The van der Waals surface area contributed by atoms with Crippen molar-refractivity contribution in [3.05, 3.63) is 21.9 Å². The third-order valence-corrected chi connectivity index (χ3v) is 4.46. The molecule has 0 amide bonds. The van der Waals surface area contributed by atoms with Gasteiger partial charge in [-0.25, -0.2) is 0 Å². The number of thiophene rings is 1. The standard InChI is InChI=1S/C15H26N2S/c1-12(9-16-15(2,3)4)10-17-7-5-14-13(11-17)6-8-18-14/h6,8,12,16H,5,7,9-11H2,1-4H3. The molecule has 102 valence electrons. The number of hydrogen-bond acceptors (Lipinski definition) is 3. The van der Waals surface area contributed by atoms with Gasteiger partial charge in [-0.2, -0.15) is 0 Å². The van der Waals surface area contributed by atoms with Crippen LogP contribution in [0, 0.1) is 5.92 Å². The van der Waals surface area contributed by atoms with Crippen molar-refractivity contribution in [1.82, 2.24) is 10.2 Å². The van der Waals surface area contributed by atoms with Crippen LogP contribution in [0.3, 0.4) is 0 Å². The summed E-state index contributed by atoms with van der Waals surface area (Å²) in [5.41, 5.74) is 1.79. The van der Waals surface area contributed by atoms with Crippen molar-refractivity contribution in [2.45, 2.75) is 46.2 Å². The van der Waals surface area contributed by atoms with Crippen LogP contribution in [0.4, 0.5) is 0 Å². The molecule has 0 radical (unpaired) electrons. The minimum absolute atomic E-state index is 0.233. The van der Waals surface area contributed by atoms with Crippen LogP contribution in [-0.4, -0.2) is 30.1 Å². The molecule has 1 aliphatic heterocycles. The summed E-state index contributed by atoms with van der Waals surface area (Å²) >= 11 is 1.92. The highest BCUT2D eigenvalue weighted by atomic mass is 32.1. The van der Waals surface area contributed by atoms with Gasteiger partial charge in [0.15, 0.2) is 0 Å². The van der Waals surface area contributed by atoms with E-state index in [2.05, 4.69) is 49.4 Å². The molecule has 0 saturated carbocycles. The molecular formula is C15H26N2S. The largest absolute Gasteiger partial charge is 0.312 e. The van der Waals surface area contributed by atoms with Crippen LogP contribution < -0.4 is 5.32 Å². The molecule has 2 nitrogen and oxygen atoms in total. The first kappa shape index (κ1) is 14.0. The van der Waals surface area contributed by atoms with Gasteiger partial charge in [0.1, 0.15) is 0 Å². The van der Waals surface area contributed by atoms with Crippen LogP contribution in [0.1, 0.15) is 38.1 Å². The van der Waals surface area contributed by atoms with Gasteiger partial charge in [-0.05, 0) is 56.7 Å². The van der Waals surface area contributed by atoms with Gasteiger partial charge in [-0.15, -0.1) is 11.3 Å². The Kier molecular flexibility index (Phi) is 4.46. The SMILES string of the molecule is CC(CNC(C)(C)C)CN1CCc2sccc2C1. The second-order valence-corrected chi connectivity index (χ2v) is 7.59. The van der Waals surface area contributed by atoms with E-state index >= 15 is 0 Å². The van der Waals surface area contributed by atoms with Gasteiger partial charge in [0.25, 0.3) is 0 Å². The van der Waals surface area contributed by atoms with Crippen molar-refractivity contribution in [3.63, 3.8) is 0 Å². The average molecular weight is 266 g/mol. The molecular weight excluding hydrogens is 240 g/mol. The first-order valence-electron chi connectivity index (χ1n) is 6.97. The molecule has 2 rings (SSSR count). The predicted octanol–water partition coefficient (Wildman–Crippen LogP) is 3.13. The highest BCUT2D eigenvalue weighted by molar-refractivity contribution is 7.10. The molecule has 2 heterocycles. The van der Waals surface area contributed by atoms with Crippen LogP contribution in [0.25, 0.3) is 0 Å². The van der Waals surface area contributed by atoms with E-state index in [0.29, 0.717) is 5.92 Å². The van der Waals surface area contributed by atoms with E-state index in [1.54, 1.807) is 10.4 Å². The number of nitrogens with one attached hydrogen (secondary N) is 1. The molecule has 1 aromatic rings. The molecule has 0 aromatic carbocycles. The number of rotatable bonds is 4. The summed E-state index contributed by atoms with van der Waals surface area (Å²) in [5, 5.41) is 5.84. The van der Waals surface area contributed by atoms with Crippen molar-refractivity contribution < 1.29 is 0 Å². The third kappa shape index (κ3) is 4.08. The monoisotopic (exact) mass is 266 g/mol. The molecule has 1 unspecified atom stereocenters. The Labute approximate surface area is 115 Å². The summed E-state index contributed by atoms with van der Waals surface area (Å²) in [6, 6.07) is 2.30. The molecule has 1 atom stereocenters. The summed E-state index contributed by atoms with van der Waals surface area (Å²) in [6.07, 6.45) is 1.24. The lowest BCUT2D eigenvalue weighted by molar-refractivity contribution is 0.213. The maximum atomic E-state index is 3.60. The van der Waals surface area contributed by atoms with Crippen molar-refractivity contribution in [1.29, 1.82) is 0 Å². The molecule has 1 N–H and O–H groups in total. The lowest BCUT2D eigenvalue weighted by Gasteiger charge is -2.31. The summed E-state index contributed by atoms with van der Waals surface area (Å²) in [6.45, 7) is 13.7. The first-order valence-corrected chi connectivity index (χ1v) is 7.84. The molecule has 0 fully saturated rings. The van der Waals surface area contributed by atoms with Gasteiger partial charge >= 0.3 is 0 Å². The normalized spacial score (nSPS) is 18.7. The van der Waals surface area contributed by atoms with Crippen molar-refractivity contribution >= 4 is 11.3 Å². The summed E-state index contributed by atoms with van der Waals surface area (Å²) in [7, 11) is 0. The molecule has 18 heavy (non-hydrogen) atoms. The van der Waals surface area contributed by atoms with Crippen LogP contribution >= 0.6 is 11.3 Å². The molecule has 1 aromatic heterocycles. The zero-order chi connectivity index (χ0) is 13.2. The van der Waals surface area contributed by atoms with Crippen LogP contribution in [0.5, 0.6) is 0 Å². The Balaban J connectivity index is 1.77. The van der Waals surface area contributed by atoms with Crippen LogP contribution in [0.15, 0.2) is 11.4 Å². The fourth-order valence-electron chi connectivity index (χ4n) is 2.45. The van der Waals surface area contributed by atoms with Gasteiger partial charge in [0.2, 0.25) is 0 Å². The zero-order valence-corrected chi connectivity index (χ0v) is 12.9. The minimum atomic E-state index is 0.233. The smallest absolute Gasteiger partial charge is 0.0245 e. The Bertz CT molecular complexity index is 378. The maximum Gasteiger partial charge on any atom is 0.0245 e. The van der Waals surface area contributed by atoms with E-state index in [9.17, 15) is 0 Å². The third-order valence-electron chi connectivity index (χ3n) is 3.44. The Hall–Kier alpha value is -0.380. The van der Waals surface area contributed by atoms with E-state index < -0.39 is 0 Å². The highest BCUT2D eigenvalue weighted by Crippen LogP contribution is 2.24. The number of nitrogens with zero attached hydrogens (tertiary/aromatic N) is 1. The second kappa shape index (κ2) is 5.72.